The molecule has 0 aromatic heterocycles. The van der Waals surface area contributed by atoms with Gasteiger partial charge in [-0.05, 0) is 17.7 Å². The van der Waals surface area contributed by atoms with Gasteiger partial charge in [0, 0.05) is 39.5 Å². The highest BCUT2D eigenvalue weighted by Crippen LogP contribution is 2.38. The van der Waals surface area contributed by atoms with Crippen molar-refractivity contribution in [1.29, 1.82) is 0 Å². The average molecular weight is 471 g/mol. The summed E-state index contributed by atoms with van der Waals surface area (Å²) < 4.78 is 52.8. The second-order valence-corrected chi connectivity index (χ2v) is 14.7. The maximum atomic E-state index is 13.9. The van der Waals surface area contributed by atoms with E-state index >= 15 is 0 Å². The Balaban J connectivity index is 1.78. The van der Waals surface area contributed by atoms with Crippen LogP contribution in [0.1, 0.15) is 11.1 Å². The molecule has 0 amide bonds. The van der Waals surface area contributed by atoms with Crippen molar-refractivity contribution >= 4 is 20.1 Å². The van der Waals surface area contributed by atoms with Gasteiger partial charge in [0.15, 0.2) is 5.78 Å². The molecule has 176 valence electrons. The number of nitrogens with zero attached hydrogens (tertiary/aromatic N) is 2. The Morgan fingerprint density at radius 3 is 2.62 bits per heavy atom. The fraction of sp³-hybridized carbons (Fsp3) is 0.545. The number of alkyl halides is 3. The highest BCUT2D eigenvalue weighted by molar-refractivity contribution is 6.76. The topological polar surface area (TPSA) is 71.4 Å². The number of ether oxygens (including phenoxy) is 2. The number of aliphatic hydroxyl groups is 1. The lowest BCUT2D eigenvalue weighted by molar-refractivity contribution is -0.132. The van der Waals surface area contributed by atoms with Gasteiger partial charge in [-0.3, -0.25) is 9.79 Å². The van der Waals surface area contributed by atoms with Crippen LogP contribution in [0.3, 0.4) is 0 Å². The summed E-state index contributed by atoms with van der Waals surface area (Å²) in [6.45, 7) is 7.05. The predicted molar refractivity (Wildman–Crippen MR) is 118 cm³/mol. The lowest BCUT2D eigenvalue weighted by Gasteiger charge is -2.28. The molecule has 0 radical (unpaired) electrons. The Kier molecular flexibility index (Phi) is 7.46. The van der Waals surface area contributed by atoms with Crippen LogP contribution in [0, 0.1) is 0 Å². The predicted octanol–water partition coefficient (Wildman–Crippen LogP) is 3.57. The summed E-state index contributed by atoms with van der Waals surface area (Å²) in [5.41, 5.74) is 0.141. The van der Waals surface area contributed by atoms with Gasteiger partial charge >= 0.3 is 6.18 Å². The van der Waals surface area contributed by atoms with Crippen molar-refractivity contribution in [3.63, 3.8) is 0 Å². The number of halogens is 3. The number of aliphatic imine (C=N–C) groups is 1. The van der Waals surface area contributed by atoms with Crippen molar-refractivity contribution in [1.82, 2.24) is 4.90 Å². The number of ketones is 1. The van der Waals surface area contributed by atoms with Crippen LogP contribution in [-0.2, 0) is 22.6 Å². The summed E-state index contributed by atoms with van der Waals surface area (Å²) in [5.74, 6) is -0.545. The van der Waals surface area contributed by atoms with Gasteiger partial charge < -0.3 is 19.5 Å². The number of carbonyl (C=O) groups excluding carboxylic acids is 1. The van der Waals surface area contributed by atoms with E-state index in [2.05, 4.69) is 24.6 Å². The van der Waals surface area contributed by atoms with E-state index in [9.17, 15) is 18.0 Å². The first-order chi connectivity index (χ1) is 15.0. The zero-order valence-electron chi connectivity index (χ0n) is 18.5. The van der Waals surface area contributed by atoms with E-state index in [1.165, 1.54) is 4.90 Å². The Morgan fingerprint density at radius 1 is 1.22 bits per heavy atom. The van der Waals surface area contributed by atoms with E-state index in [0.717, 1.165) is 23.4 Å². The van der Waals surface area contributed by atoms with Gasteiger partial charge in [-0.1, -0.05) is 31.8 Å². The standard InChI is InChI=1S/C22H29F3N2O4Si/c1-32(2,3)10-9-30-14-17-21(29)20(22(23,24)25)18(11-26-17)27-12-15-5-4-6-19(16(15)13-27)31-8-7-28/h4-6,11,17,28H,7-10,12-14H2,1-3H3. The molecule has 2 aliphatic heterocycles. The lowest BCUT2D eigenvalue weighted by Crippen LogP contribution is -2.39. The number of benzene rings is 1. The molecule has 1 aromatic rings. The minimum atomic E-state index is -4.81. The monoisotopic (exact) mass is 470 g/mol. The number of Topliss-reactive ketones (excluding diaryl/α,β-unsaturated/α-hetero) is 1. The molecule has 2 aliphatic rings. The molecular formula is C22H29F3N2O4Si. The van der Waals surface area contributed by atoms with Crippen molar-refractivity contribution < 1.29 is 32.5 Å². The maximum absolute atomic E-state index is 13.9. The number of allylic oxidation sites excluding steroid dienone is 1. The van der Waals surface area contributed by atoms with Gasteiger partial charge in [0.25, 0.3) is 0 Å². The number of dihydropyridines is 1. The third kappa shape index (κ3) is 5.79. The van der Waals surface area contributed by atoms with Crippen molar-refractivity contribution in [2.24, 2.45) is 4.99 Å². The van der Waals surface area contributed by atoms with Crippen molar-refractivity contribution in [2.45, 2.75) is 51.0 Å². The van der Waals surface area contributed by atoms with Crippen LogP contribution in [0.5, 0.6) is 5.75 Å². The molecule has 1 aromatic carbocycles. The van der Waals surface area contributed by atoms with E-state index in [-0.39, 0.29) is 38.6 Å². The van der Waals surface area contributed by atoms with Gasteiger partial charge in [-0.2, -0.15) is 13.2 Å². The molecule has 0 saturated carbocycles. The molecule has 1 N–H and O–H groups in total. The van der Waals surface area contributed by atoms with Crippen LogP contribution < -0.4 is 4.74 Å². The molecule has 0 aliphatic carbocycles. The molecule has 6 nitrogen and oxygen atoms in total. The van der Waals surface area contributed by atoms with Gasteiger partial charge in [0.05, 0.1) is 18.9 Å². The molecule has 32 heavy (non-hydrogen) atoms. The van der Waals surface area contributed by atoms with Crippen LogP contribution in [0.25, 0.3) is 0 Å². The SMILES string of the molecule is C[Si](C)(C)CCOCC1N=CC(N2Cc3cccc(OCCO)c3C2)=C(C(F)(F)F)C1=O. The van der Waals surface area contributed by atoms with Gasteiger partial charge in [-0.15, -0.1) is 0 Å². The van der Waals surface area contributed by atoms with Crippen LogP contribution in [0.2, 0.25) is 25.7 Å². The first-order valence-electron chi connectivity index (χ1n) is 10.6. The van der Waals surface area contributed by atoms with Crippen molar-refractivity contribution in [2.75, 3.05) is 26.4 Å². The van der Waals surface area contributed by atoms with Crippen LogP contribution in [-0.4, -0.2) is 68.7 Å². The summed E-state index contributed by atoms with van der Waals surface area (Å²) in [6.07, 6.45) is -3.66. The summed E-state index contributed by atoms with van der Waals surface area (Å²) in [6, 6.07) is 4.95. The van der Waals surface area contributed by atoms with Crippen LogP contribution in [0.4, 0.5) is 13.2 Å². The van der Waals surface area contributed by atoms with E-state index in [1.807, 2.05) is 6.07 Å². The van der Waals surface area contributed by atoms with Gasteiger partial charge in [0.1, 0.15) is 24.0 Å². The average Bonchev–Trinajstić information content (AvgIpc) is 3.13. The number of rotatable bonds is 9. The van der Waals surface area contributed by atoms with E-state index in [4.69, 9.17) is 14.6 Å². The van der Waals surface area contributed by atoms with E-state index in [0.29, 0.717) is 12.4 Å². The fourth-order valence-electron chi connectivity index (χ4n) is 3.65. The first kappa shape index (κ1) is 24.5. The van der Waals surface area contributed by atoms with Crippen LogP contribution >= 0.6 is 0 Å². The molecule has 3 rings (SSSR count). The minimum Gasteiger partial charge on any atom is -0.491 e. The van der Waals surface area contributed by atoms with Crippen molar-refractivity contribution in [3.05, 3.63) is 40.6 Å². The van der Waals surface area contributed by atoms with E-state index < -0.39 is 31.6 Å². The molecule has 0 saturated heterocycles. The Bertz CT molecular complexity index is 909. The highest BCUT2D eigenvalue weighted by Gasteiger charge is 2.46. The zero-order valence-corrected chi connectivity index (χ0v) is 19.5. The van der Waals surface area contributed by atoms with Crippen LogP contribution in [0.15, 0.2) is 34.5 Å². The number of carbonyl (C=O) groups is 1. The third-order valence-electron chi connectivity index (χ3n) is 5.37. The molecule has 10 heteroatoms. The normalized spacial score (nSPS) is 19.0. The molecule has 0 spiro atoms. The molecule has 2 heterocycles. The quantitative estimate of drug-likeness (QED) is 0.441. The number of hydrogen-bond donors (Lipinski definition) is 1. The summed E-state index contributed by atoms with van der Waals surface area (Å²) in [5, 5.41) is 9.00. The van der Waals surface area contributed by atoms with E-state index in [1.54, 1.807) is 12.1 Å². The number of hydrogen-bond acceptors (Lipinski definition) is 6. The van der Waals surface area contributed by atoms with Crippen molar-refractivity contribution in [3.8, 4) is 5.75 Å². The molecule has 1 atom stereocenters. The third-order valence-corrected chi connectivity index (χ3v) is 7.07. The summed E-state index contributed by atoms with van der Waals surface area (Å²) in [7, 11) is -1.35. The highest BCUT2D eigenvalue weighted by atomic mass is 28.3. The zero-order chi connectivity index (χ0) is 23.5. The molecular weight excluding hydrogens is 441 g/mol. The smallest absolute Gasteiger partial charge is 0.421 e. The largest absolute Gasteiger partial charge is 0.491 e. The summed E-state index contributed by atoms with van der Waals surface area (Å²) >= 11 is 0. The van der Waals surface area contributed by atoms with Gasteiger partial charge in [0.2, 0.25) is 0 Å². The molecule has 1 unspecified atom stereocenters. The number of fused-ring (bicyclic) bond motifs is 1. The number of aliphatic hydroxyl groups excluding tert-OH is 1. The maximum Gasteiger partial charge on any atom is 0.421 e. The molecule has 0 fully saturated rings. The molecule has 0 bridgehead atoms. The Hall–Kier alpha value is -2.17. The Labute approximate surface area is 186 Å². The summed E-state index contributed by atoms with van der Waals surface area (Å²) in [4.78, 5) is 18.4. The van der Waals surface area contributed by atoms with Gasteiger partial charge in [-0.25, -0.2) is 0 Å². The second kappa shape index (κ2) is 9.76. The minimum absolute atomic E-state index is 0.0896. The fourth-order valence-corrected chi connectivity index (χ4v) is 4.41. The lowest BCUT2D eigenvalue weighted by atomic mass is 9.99. The Morgan fingerprint density at radius 2 is 1.97 bits per heavy atom. The second-order valence-electron chi connectivity index (χ2n) is 9.12. The first-order valence-corrected chi connectivity index (χ1v) is 14.3.